The summed E-state index contributed by atoms with van der Waals surface area (Å²) in [5, 5.41) is 0.406. The Morgan fingerprint density at radius 2 is 2.09 bits per heavy atom. The highest BCUT2D eigenvalue weighted by atomic mass is 35.5. The lowest BCUT2D eigenvalue weighted by Crippen LogP contribution is -2.30. The van der Waals surface area contributed by atoms with Crippen molar-refractivity contribution in [2.24, 2.45) is 0 Å². The van der Waals surface area contributed by atoms with Gasteiger partial charge in [-0.3, -0.25) is 9.78 Å². The zero-order valence-corrected chi connectivity index (χ0v) is 13.1. The Morgan fingerprint density at radius 1 is 1.26 bits per heavy atom. The number of carbonyl (C=O) groups is 1. The minimum Gasteiger partial charge on any atom is -0.454 e. The van der Waals surface area contributed by atoms with Crippen LogP contribution in [-0.4, -0.2) is 29.1 Å². The van der Waals surface area contributed by atoms with Crippen LogP contribution in [0.3, 0.4) is 0 Å². The largest absolute Gasteiger partial charge is 0.454 e. The standard InChI is InChI=1S/C17H15ClN2O3/c18-13-8-12(9-15-16(13)23-10-22-15)17(21)20-7-1-2-14(20)11-3-5-19-6-4-11/h3-6,8-9,14H,1-2,7,10H2/t14-/m0/s1. The van der Waals surface area contributed by atoms with Crippen molar-refractivity contribution in [1.29, 1.82) is 0 Å². The van der Waals surface area contributed by atoms with Gasteiger partial charge in [-0.1, -0.05) is 11.6 Å². The average molecular weight is 331 g/mol. The summed E-state index contributed by atoms with van der Waals surface area (Å²) in [5.41, 5.74) is 1.64. The smallest absolute Gasteiger partial charge is 0.254 e. The predicted octanol–water partition coefficient (Wildman–Crippen LogP) is 3.44. The van der Waals surface area contributed by atoms with Gasteiger partial charge in [-0.15, -0.1) is 0 Å². The number of halogens is 1. The van der Waals surface area contributed by atoms with E-state index in [1.807, 2.05) is 17.0 Å². The van der Waals surface area contributed by atoms with Gasteiger partial charge >= 0.3 is 0 Å². The molecule has 6 heteroatoms. The minimum absolute atomic E-state index is 0.0375. The molecule has 2 aliphatic heterocycles. The summed E-state index contributed by atoms with van der Waals surface area (Å²) >= 11 is 6.19. The van der Waals surface area contributed by atoms with E-state index in [1.54, 1.807) is 24.5 Å². The third kappa shape index (κ3) is 2.51. The van der Waals surface area contributed by atoms with Gasteiger partial charge < -0.3 is 14.4 Å². The molecule has 1 atom stereocenters. The Labute approximate surface area is 138 Å². The number of aromatic nitrogens is 1. The molecule has 118 valence electrons. The fourth-order valence-electron chi connectivity index (χ4n) is 3.20. The summed E-state index contributed by atoms with van der Waals surface area (Å²) in [7, 11) is 0. The molecule has 0 saturated carbocycles. The Hall–Kier alpha value is -2.27. The number of amides is 1. The molecule has 1 aromatic carbocycles. The molecule has 1 saturated heterocycles. The summed E-state index contributed by atoms with van der Waals surface area (Å²) in [6, 6.07) is 7.36. The minimum atomic E-state index is -0.0375. The van der Waals surface area contributed by atoms with Gasteiger partial charge in [0.05, 0.1) is 11.1 Å². The number of rotatable bonds is 2. The van der Waals surface area contributed by atoms with E-state index in [4.69, 9.17) is 21.1 Å². The van der Waals surface area contributed by atoms with Crippen molar-refractivity contribution < 1.29 is 14.3 Å². The molecule has 23 heavy (non-hydrogen) atoms. The first-order chi connectivity index (χ1) is 11.2. The molecule has 0 aliphatic carbocycles. The predicted molar refractivity (Wildman–Crippen MR) is 84.8 cm³/mol. The Bertz CT molecular complexity index is 751. The summed E-state index contributed by atoms with van der Waals surface area (Å²) in [4.78, 5) is 18.9. The van der Waals surface area contributed by atoms with Crippen molar-refractivity contribution in [3.63, 3.8) is 0 Å². The van der Waals surface area contributed by atoms with Crippen LogP contribution in [-0.2, 0) is 0 Å². The number of pyridine rings is 1. The van der Waals surface area contributed by atoms with E-state index in [9.17, 15) is 4.79 Å². The van der Waals surface area contributed by atoms with E-state index in [0.717, 1.165) is 24.9 Å². The van der Waals surface area contributed by atoms with Crippen LogP contribution in [0.1, 0.15) is 34.8 Å². The van der Waals surface area contributed by atoms with E-state index >= 15 is 0 Å². The number of hydrogen-bond acceptors (Lipinski definition) is 4. The monoisotopic (exact) mass is 330 g/mol. The van der Waals surface area contributed by atoms with Crippen LogP contribution in [0.4, 0.5) is 0 Å². The van der Waals surface area contributed by atoms with Gasteiger partial charge in [0.25, 0.3) is 5.91 Å². The van der Waals surface area contributed by atoms with Gasteiger partial charge in [-0.25, -0.2) is 0 Å². The molecule has 2 aromatic rings. The number of benzene rings is 1. The van der Waals surface area contributed by atoms with Crippen LogP contribution in [0.2, 0.25) is 5.02 Å². The van der Waals surface area contributed by atoms with Crippen LogP contribution in [0.5, 0.6) is 11.5 Å². The Kier molecular flexibility index (Phi) is 3.58. The number of hydrogen-bond donors (Lipinski definition) is 0. The fraction of sp³-hybridized carbons (Fsp3) is 0.294. The van der Waals surface area contributed by atoms with Crippen molar-refractivity contribution in [2.75, 3.05) is 13.3 Å². The van der Waals surface area contributed by atoms with E-state index < -0.39 is 0 Å². The molecule has 3 heterocycles. The molecule has 5 nitrogen and oxygen atoms in total. The van der Waals surface area contributed by atoms with Crippen molar-refractivity contribution in [2.45, 2.75) is 18.9 Å². The van der Waals surface area contributed by atoms with E-state index in [-0.39, 0.29) is 18.7 Å². The molecule has 1 amide bonds. The van der Waals surface area contributed by atoms with Gasteiger partial charge in [-0.2, -0.15) is 0 Å². The van der Waals surface area contributed by atoms with Crippen LogP contribution in [0.25, 0.3) is 0 Å². The molecule has 1 aromatic heterocycles. The zero-order valence-electron chi connectivity index (χ0n) is 12.4. The maximum absolute atomic E-state index is 12.9. The second-order valence-corrected chi connectivity index (χ2v) is 6.04. The van der Waals surface area contributed by atoms with Crippen molar-refractivity contribution in [3.8, 4) is 11.5 Å². The van der Waals surface area contributed by atoms with Crippen molar-refractivity contribution >= 4 is 17.5 Å². The average Bonchev–Trinajstić information content (AvgIpc) is 3.24. The molecule has 4 rings (SSSR count). The van der Waals surface area contributed by atoms with Gasteiger partial charge in [0.2, 0.25) is 6.79 Å². The van der Waals surface area contributed by atoms with E-state index in [1.165, 1.54) is 0 Å². The molecular weight excluding hydrogens is 316 g/mol. The first-order valence-electron chi connectivity index (χ1n) is 7.54. The Morgan fingerprint density at radius 3 is 2.91 bits per heavy atom. The van der Waals surface area contributed by atoms with E-state index in [0.29, 0.717) is 22.1 Å². The lowest BCUT2D eigenvalue weighted by Gasteiger charge is -2.25. The lowest BCUT2D eigenvalue weighted by atomic mass is 10.1. The maximum atomic E-state index is 12.9. The molecule has 1 fully saturated rings. The third-order valence-corrected chi connectivity index (χ3v) is 4.56. The fourth-order valence-corrected chi connectivity index (χ4v) is 3.46. The van der Waals surface area contributed by atoms with Gasteiger partial charge in [0, 0.05) is 24.5 Å². The number of likely N-dealkylation sites (tertiary alicyclic amines) is 1. The first kappa shape index (κ1) is 14.3. The van der Waals surface area contributed by atoms with Gasteiger partial charge in [-0.05, 0) is 42.7 Å². The molecule has 0 unspecified atom stereocenters. The summed E-state index contributed by atoms with van der Waals surface area (Å²) in [5.74, 6) is 1.00. The summed E-state index contributed by atoms with van der Waals surface area (Å²) in [6.45, 7) is 0.869. The number of carbonyl (C=O) groups excluding carboxylic acids is 1. The first-order valence-corrected chi connectivity index (χ1v) is 7.92. The molecule has 0 spiro atoms. The van der Waals surface area contributed by atoms with Gasteiger partial charge in [0.1, 0.15) is 0 Å². The van der Waals surface area contributed by atoms with E-state index in [2.05, 4.69) is 4.98 Å². The molecule has 2 aliphatic rings. The van der Waals surface area contributed by atoms with Crippen molar-refractivity contribution in [1.82, 2.24) is 9.88 Å². The molecule has 0 N–H and O–H groups in total. The SMILES string of the molecule is O=C(c1cc(Cl)c2c(c1)OCO2)N1CCC[C@H]1c1ccncc1. The topological polar surface area (TPSA) is 51.7 Å². The summed E-state index contributed by atoms with van der Waals surface area (Å²) < 4.78 is 10.7. The second kappa shape index (κ2) is 5.74. The van der Waals surface area contributed by atoms with Gasteiger partial charge in [0.15, 0.2) is 11.5 Å². The normalized spacial score (nSPS) is 19.2. The number of fused-ring (bicyclic) bond motifs is 1. The zero-order chi connectivity index (χ0) is 15.8. The van der Waals surface area contributed by atoms with Crippen molar-refractivity contribution in [3.05, 3.63) is 52.8 Å². The second-order valence-electron chi connectivity index (χ2n) is 5.63. The van der Waals surface area contributed by atoms with Crippen LogP contribution >= 0.6 is 11.6 Å². The van der Waals surface area contributed by atoms with Crippen LogP contribution < -0.4 is 9.47 Å². The van der Waals surface area contributed by atoms with Crippen LogP contribution in [0.15, 0.2) is 36.7 Å². The summed E-state index contributed by atoms with van der Waals surface area (Å²) in [6.07, 6.45) is 5.45. The maximum Gasteiger partial charge on any atom is 0.254 e. The highest BCUT2D eigenvalue weighted by Crippen LogP contribution is 2.41. The Balaban J connectivity index is 1.65. The van der Waals surface area contributed by atoms with Crippen LogP contribution in [0, 0.1) is 0 Å². The highest BCUT2D eigenvalue weighted by Gasteiger charge is 2.32. The molecule has 0 bridgehead atoms. The quantitative estimate of drug-likeness (QED) is 0.846. The third-order valence-electron chi connectivity index (χ3n) is 4.28. The molecule has 0 radical (unpaired) electrons. The number of ether oxygens (including phenoxy) is 2. The number of nitrogens with zero attached hydrogens (tertiary/aromatic N) is 2. The lowest BCUT2D eigenvalue weighted by molar-refractivity contribution is 0.0735. The molecular formula is C17H15ClN2O3. The highest BCUT2D eigenvalue weighted by molar-refractivity contribution is 6.32.